The van der Waals surface area contributed by atoms with E-state index in [1.807, 2.05) is 11.8 Å². The van der Waals surface area contributed by atoms with Crippen LogP contribution in [-0.4, -0.2) is 54.9 Å². The molecule has 0 bridgehead atoms. The fraction of sp³-hybridized carbons (Fsp3) is 0.778. The van der Waals surface area contributed by atoms with Gasteiger partial charge in [-0.2, -0.15) is 0 Å². The molecule has 1 aliphatic heterocycles. The minimum atomic E-state index is 0.0979. The third kappa shape index (κ3) is 3.09. The number of carbonyl (C=O) groups excluding carboxylic acids is 1. The van der Waals surface area contributed by atoms with E-state index in [9.17, 15) is 4.79 Å². The summed E-state index contributed by atoms with van der Waals surface area (Å²) in [5.74, 6) is 6.08. The molecule has 0 aliphatic carbocycles. The predicted octanol–water partition coefficient (Wildman–Crippen LogP) is -1.01. The van der Waals surface area contributed by atoms with Gasteiger partial charge in [-0.15, -0.1) is 0 Å². The first-order valence-corrected chi connectivity index (χ1v) is 5.19. The molecule has 0 spiro atoms. The maximum absolute atomic E-state index is 11.5. The Bertz CT molecular complexity index is 253. The maximum atomic E-state index is 11.5. The molecule has 6 nitrogen and oxygen atoms in total. The predicted molar refractivity (Wildman–Crippen MR) is 59.1 cm³/mol. The molecule has 1 fully saturated rings. The van der Waals surface area contributed by atoms with Gasteiger partial charge in [-0.05, 0) is 6.42 Å². The number of rotatable bonds is 2. The van der Waals surface area contributed by atoms with Crippen molar-refractivity contribution < 1.29 is 4.79 Å². The Balaban J connectivity index is 2.58. The molecule has 1 amide bonds. The molecular formula is C9H19N5O. The number of nitrogens with one attached hydrogen (secondary N) is 1. The fourth-order valence-corrected chi connectivity index (χ4v) is 1.39. The average Bonchev–Trinajstić information content (AvgIpc) is 2.24. The van der Waals surface area contributed by atoms with Crippen LogP contribution in [0.1, 0.15) is 13.3 Å². The first-order chi connectivity index (χ1) is 7.19. The van der Waals surface area contributed by atoms with Gasteiger partial charge in [0.25, 0.3) is 0 Å². The van der Waals surface area contributed by atoms with Gasteiger partial charge in [0, 0.05) is 26.7 Å². The Hall–Kier alpha value is -1.30. The van der Waals surface area contributed by atoms with Crippen molar-refractivity contribution in [3.05, 3.63) is 0 Å². The van der Waals surface area contributed by atoms with E-state index in [1.165, 1.54) is 0 Å². The lowest BCUT2D eigenvalue weighted by atomic mass is 10.3. The van der Waals surface area contributed by atoms with Gasteiger partial charge in [0.2, 0.25) is 11.9 Å². The quantitative estimate of drug-likeness (QED) is 0.267. The van der Waals surface area contributed by atoms with Gasteiger partial charge in [0.05, 0.1) is 6.54 Å². The van der Waals surface area contributed by atoms with Crippen LogP contribution in [-0.2, 0) is 4.79 Å². The standard InChI is InChI=1S/C9H19N5O/c1-3-4-11-9(12-10)14-6-5-13(2)8(15)7-14/h3-7,10H2,1-2H3,(H,11,12). The largest absolute Gasteiger partial charge is 0.342 e. The highest BCUT2D eigenvalue weighted by Gasteiger charge is 2.22. The van der Waals surface area contributed by atoms with Crippen LogP contribution in [0, 0.1) is 0 Å². The summed E-state index contributed by atoms with van der Waals surface area (Å²) in [7, 11) is 1.80. The summed E-state index contributed by atoms with van der Waals surface area (Å²) in [5.41, 5.74) is 2.55. The molecule has 0 unspecified atom stereocenters. The zero-order chi connectivity index (χ0) is 11.3. The first-order valence-electron chi connectivity index (χ1n) is 5.19. The molecule has 0 saturated carbocycles. The van der Waals surface area contributed by atoms with E-state index >= 15 is 0 Å². The van der Waals surface area contributed by atoms with E-state index < -0.39 is 0 Å². The van der Waals surface area contributed by atoms with E-state index in [2.05, 4.69) is 10.4 Å². The second-order valence-corrected chi connectivity index (χ2v) is 3.59. The van der Waals surface area contributed by atoms with Gasteiger partial charge in [-0.3, -0.25) is 15.2 Å². The van der Waals surface area contributed by atoms with E-state index in [0.717, 1.165) is 19.5 Å². The van der Waals surface area contributed by atoms with Crippen LogP contribution in [0.25, 0.3) is 0 Å². The normalized spacial score (nSPS) is 18.3. The monoisotopic (exact) mass is 213 g/mol. The summed E-state index contributed by atoms with van der Waals surface area (Å²) in [4.78, 5) is 19.3. The van der Waals surface area contributed by atoms with Crippen LogP contribution in [0.2, 0.25) is 0 Å². The van der Waals surface area contributed by atoms with Gasteiger partial charge >= 0.3 is 0 Å². The van der Waals surface area contributed by atoms with E-state index in [1.54, 1.807) is 11.9 Å². The van der Waals surface area contributed by atoms with E-state index in [-0.39, 0.29) is 5.91 Å². The highest BCUT2D eigenvalue weighted by molar-refractivity contribution is 5.87. The van der Waals surface area contributed by atoms with Gasteiger partial charge in [0.15, 0.2) is 0 Å². The van der Waals surface area contributed by atoms with Crippen LogP contribution < -0.4 is 11.3 Å². The van der Waals surface area contributed by atoms with Gasteiger partial charge < -0.3 is 9.80 Å². The molecule has 0 radical (unpaired) electrons. The van der Waals surface area contributed by atoms with Crippen molar-refractivity contribution in [1.29, 1.82) is 0 Å². The molecule has 0 atom stereocenters. The minimum absolute atomic E-state index is 0.0979. The number of hydrazine groups is 1. The zero-order valence-electron chi connectivity index (χ0n) is 9.36. The third-order valence-corrected chi connectivity index (χ3v) is 2.37. The van der Waals surface area contributed by atoms with Crippen LogP contribution in [0.4, 0.5) is 0 Å². The summed E-state index contributed by atoms with van der Waals surface area (Å²) in [6.45, 7) is 4.61. The van der Waals surface area contributed by atoms with Crippen LogP contribution in [0.15, 0.2) is 4.99 Å². The van der Waals surface area contributed by atoms with Crippen LogP contribution in [0.5, 0.6) is 0 Å². The first kappa shape index (κ1) is 11.8. The summed E-state index contributed by atoms with van der Waals surface area (Å²) in [6, 6.07) is 0. The van der Waals surface area contributed by atoms with E-state index in [0.29, 0.717) is 19.0 Å². The number of nitrogens with zero attached hydrogens (tertiary/aromatic N) is 3. The number of hydrogen-bond donors (Lipinski definition) is 2. The summed E-state index contributed by atoms with van der Waals surface area (Å²) >= 11 is 0. The molecule has 0 aromatic carbocycles. The van der Waals surface area contributed by atoms with E-state index in [4.69, 9.17) is 5.84 Å². The van der Waals surface area contributed by atoms with Crippen molar-refractivity contribution in [3.63, 3.8) is 0 Å². The molecule has 1 heterocycles. The maximum Gasteiger partial charge on any atom is 0.242 e. The lowest BCUT2D eigenvalue weighted by molar-refractivity contribution is -0.132. The Morgan fingerprint density at radius 3 is 2.87 bits per heavy atom. The van der Waals surface area contributed by atoms with Crippen molar-refractivity contribution >= 4 is 11.9 Å². The Kier molecular flexibility index (Phi) is 4.36. The number of amides is 1. The second-order valence-electron chi connectivity index (χ2n) is 3.59. The van der Waals surface area contributed by atoms with Crippen molar-refractivity contribution in [2.45, 2.75) is 13.3 Å². The smallest absolute Gasteiger partial charge is 0.242 e. The molecule has 3 N–H and O–H groups in total. The number of aliphatic imine (C=N–C) groups is 1. The van der Waals surface area contributed by atoms with Crippen molar-refractivity contribution in [3.8, 4) is 0 Å². The molecule has 6 heteroatoms. The number of piperazine rings is 1. The van der Waals surface area contributed by atoms with Gasteiger partial charge in [-0.25, -0.2) is 5.84 Å². The highest BCUT2D eigenvalue weighted by Crippen LogP contribution is 2.01. The van der Waals surface area contributed by atoms with Crippen molar-refractivity contribution in [1.82, 2.24) is 15.2 Å². The number of hydrogen-bond acceptors (Lipinski definition) is 3. The number of guanidine groups is 1. The summed E-state index contributed by atoms with van der Waals surface area (Å²) in [6.07, 6.45) is 0.965. The molecule has 0 aromatic rings. The highest BCUT2D eigenvalue weighted by atomic mass is 16.2. The molecule has 1 rings (SSSR count). The molecule has 1 aliphatic rings. The zero-order valence-corrected chi connectivity index (χ0v) is 9.36. The Morgan fingerprint density at radius 2 is 2.33 bits per heavy atom. The topological polar surface area (TPSA) is 74.0 Å². The Morgan fingerprint density at radius 1 is 1.60 bits per heavy atom. The van der Waals surface area contributed by atoms with Crippen molar-refractivity contribution in [2.75, 3.05) is 33.2 Å². The number of likely N-dealkylation sites (N-methyl/N-ethyl adjacent to an activating group) is 1. The minimum Gasteiger partial charge on any atom is -0.342 e. The third-order valence-electron chi connectivity index (χ3n) is 2.37. The molecular weight excluding hydrogens is 194 g/mol. The molecule has 86 valence electrons. The lowest BCUT2D eigenvalue weighted by Gasteiger charge is -2.33. The second kappa shape index (κ2) is 5.55. The lowest BCUT2D eigenvalue weighted by Crippen LogP contribution is -2.55. The van der Waals surface area contributed by atoms with Gasteiger partial charge in [-0.1, -0.05) is 6.92 Å². The SMILES string of the molecule is CCCN=C(NN)N1CCN(C)C(=O)C1. The molecule has 15 heavy (non-hydrogen) atoms. The summed E-state index contributed by atoms with van der Waals surface area (Å²) in [5, 5.41) is 0. The van der Waals surface area contributed by atoms with Crippen LogP contribution >= 0.6 is 0 Å². The Labute approximate surface area is 90.1 Å². The van der Waals surface area contributed by atoms with Crippen LogP contribution in [0.3, 0.4) is 0 Å². The summed E-state index contributed by atoms with van der Waals surface area (Å²) < 4.78 is 0. The van der Waals surface area contributed by atoms with Crippen molar-refractivity contribution in [2.24, 2.45) is 10.8 Å². The number of carbonyl (C=O) groups is 1. The average molecular weight is 213 g/mol. The molecule has 1 saturated heterocycles. The fourth-order valence-electron chi connectivity index (χ4n) is 1.39. The number of nitrogens with two attached hydrogens (primary N) is 1. The molecule has 0 aromatic heterocycles. The van der Waals surface area contributed by atoms with Gasteiger partial charge in [0.1, 0.15) is 0 Å².